The fourth-order valence-electron chi connectivity index (χ4n) is 2.54. The van der Waals surface area contributed by atoms with E-state index in [1.807, 2.05) is 13.0 Å². The van der Waals surface area contributed by atoms with Crippen LogP contribution in [-0.4, -0.2) is 37.5 Å². The Kier molecular flexibility index (Phi) is 5.21. The summed E-state index contributed by atoms with van der Waals surface area (Å²) in [5, 5.41) is 3.92. The van der Waals surface area contributed by atoms with Gasteiger partial charge in [-0.2, -0.15) is 4.98 Å². The van der Waals surface area contributed by atoms with Gasteiger partial charge >= 0.3 is 0 Å². The van der Waals surface area contributed by atoms with Gasteiger partial charge in [-0.1, -0.05) is 11.2 Å². The molecule has 8 heteroatoms. The van der Waals surface area contributed by atoms with Gasteiger partial charge in [0.05, 0.1) is 6.54 Å². The van der Waals surface area contributed by atoms with Gasteiger partial charge in [-0.25, -0.2) is 0 Å². The summed E-state index contributed by atoms with van der Waals surface area (Å²) in [6.45, 7) is 2.38. The van der Waals surface area contributed by atoms with Gasteiger partial charge in [0.1, 0.15) is 0 Å². The minimum atomic E-state index is -0.112. The number of pyridine rings is 2. The normalized spacial score (nSPS) is 10.7. The highest BCUT2D eigenvalue weighted by atomic mass is 16.5. The zero-order valence-corrected chi connectivity index (χ0v) is 14.6. The molecular formula is C18H19N5O3. The lowest BCUT2D eigenvalue weighted by Gasteiger charge is -2.16. The fraction of sp³-hybridized carbons (Fsp3) is 0.278. The quantitative estimate of drug-likeness (QED) is 0.669. The number of hydrogen-bond acceptors (Lipinski definition) is 6. The predicted molar refractivity (Wildman–Crippen MR) is 94.1 cm³/mol. The van der Waals surface area contributed by atoms with E-state index >= 15 is 0 Å². The molecule has 3 aromatic heterocycles. The first-order valence-electron chi connectivity index (χ1n) is 8.18. The van der Waals surface area contributed by atoms with Crippen LogP contribution >= 0.6 is 0 Å². The third kappa shape index (κ3) is 4.02. The highest BCUT2D eigenvalue weighted by molar-refractivity contribution is 5.75. The maximum atomic E-state index is 12.3. The van der Waals surface area contributed by atoms with Crippen molar-refractivity contribution in [2.75, 3.05) is 7.05 Å². The largest absolute Gasteiger partial charge is 0.337 e. The van der Waals surface area contributed by atoms with Gasteiger partial charge in [0, 0.05) is 49.7 Å². The van der Waals surface area contributed by atoms with Crippen molar-refractivity contribution in [1.29, 1.82) is 0 Å². The van der Waals surface area contributed by atoms with E-state index in [1.165, 1.54) is 11.0 Å². The molecule has 0 atom stereocenters. The van der Waals surface area contributed by atoms with Crippen LogP contribution in [0.3, 0.4) is 0 Å². The van der Waals surface area contributed by atoms with E-state index in [0.29, 0.717) is 18.3 Å². The molecule has 0 saturated carbocycles. The third-order valence-electron chi connectivity index (χ3n) is 4.02. The molecule has 0 fully saturated rings. The Morgan fingerprint density at radius 1 is 1.23 bits per heavy atom. The Morgan fingerprint density at radius 2 is 2.00 bits per heavy atom. The topological polar surface area (TPSA) is 94.1 Å². The van der Waals surface area contributed by atoms with Crippen LogP contribution in [0.1, 0.15) is 18.0 Å². The SMILES string of the molecule is Cc1cccc(=O)n1CCC(=O)N(C)Cc1nc(-c2ccncc2)no1. The van der Waals surface area contributed by atoms with Crippen molar-refractivity contribution in [3.8, 4) is 11.4 Å². The fourth-order valence-corrected chi connectivity index (χ4v) is 2.54. The molecule has 0 aliphatic carbocycles. The number of aromatic nitrogens is 4. The lowest BCUT2D eigenvalue weighted by atomic mass is 10.2. The lowest BCUT2D eigenvalue weighted by molar-refractivity contribution is -0.131. The molecule has 0 aliphatic rings. The predicted octanol–water partition coefficient (Wildman–Crippen LogP) is 1.65. The first-order valence-corrected chi connectivity index (χ1v) is 8.18. The monoisotopic (exact) mass is 353 g/mol. The average Bonchev–Trinajstić information content (AvgIpc) is 3.10. The minimum Gasteiger partial charge on any atom is -0.337 e. The van der Waals surface area contributed by atoms with E-state index in [0.717, 1.165) is 11.3 Å². The molecule has 8 nitrogen and oxygen atoms in total. The molecule has 0 bridgehead atoms. The first-order chi connectivity index (χ1) is 12.5. The van der Waals surface area contributed by atoms with Crippen molar-refractivity contribution >= 4 is 5.91 Å². The van der Waals surface area contributed by atoms with Crippen LogP contribution in [0.15, 0.2) is 52.0 Å². The van der Waals surface area contributed by atoms with Crippen LogP contribution in [0.25, 0.3) is 11.4 Å². The van der Waals surface area contributed by atoms with Gasteiger partial charge in [-0.3, -0.25) is 14.6 Å². The van der Waals surface area contributed by atoms with Crippen LogP contribution in [0, 0.1) is 6.92 Å². The summed E-state index contributed by atoms with van der Waals surface area (Å²) >= 11 is 0. The van der Waals surface area contributed by atoms with Gasteiger partial charge in [-0.05, 0) is 25.1 Å². The van der Waals surface area contributed by atoms with Crippen LogP contribution < -0.4 is 5.56 Å². The number of nitrogens with zero attached hydrogens (tertiary/aromatic N) is 5. The summed E-state index contributed by atoms with van der Waals surface area (Å²) in [5.74, 6) is 0.694. The number of aryl methyl sites for hydroxylation is 1. The molecule has 0 saturated heterocycles. The minimum absolute atomic E-state index is 0.108. The van der Waals surface area contributed by atoms with Crippen molar-refractivity contribution in [3.63, 3.8) is 0 Å². The molecule has 0 unspecified atom stereocenters. The van der Waals surface area contributed by atoms with Gasteiger partial charge in [0.25, 0.3) is 5.56 Å². The molecule has 0 radical (unpaired) electrons. The molecule has 0 aliphatic heterocycles. The van der Waals surface area contributed by atoms with Gasteiger partial charge in [-0.15, -0.1) is 0 Å². The van der Waals surface area contributed by atoms with Crippen LogP contribution in [0.2, 0.25) is 0 Å². The Balaban J connectivity index is 1.60. The molecule has 3 heterocycles. The van der Waals surface area contributed by atoms with Crippen LogP contribution in [0.4, 0.5) is 0 Å². The summed E-state index contributed by atoms with van der Waals surface area (Å²) in [6, 6.07) is 8.60. The van der Waals surface area contributed by atoms with E-state index in [9.17, 15) is 9.59 Å². The molecule has 0 spiro atoms. The highest BCUT2D eigenvalue weighted by Gasteiger charge is 2.15. The summed E-state index contributed by atoms with van der Waals surface area (Å²) in [5.41, 5.74) is 1.51. The molecule has 3 aromatic rings. The molecule has 3 rings (SSSR count). The summed E-state index contributed by atoms with van der Waals surface area (Å²) in [4.78, 5) is 33.9. The standard InChI is InChI=1S/C18H19N5O3/c1-13-4-3-5-17(25)23(13)11-8-16(24)22(2)12-15-20-18(21-26-15)14-6-9-19-10-7-14/h3-7,9-10H,8,11-12H2,1-2H3. The van der Waals surface area contributed by atoms with Crippen LogP contribution in [0.5, 0.6) is 0 Å². The van der Waals surface area contributed by atoms with Crippen molar-refractivity contribution in [3.05, 3.63) is 64.7 Å². The average molecular weight is 353 g/mol. The summed E-state index contributed by atoms with van der Waals surface area (Å²) in [7, 11) is 1.67. The highest BCUT2D eigenvalue weighted by Crippen LogP contribution is 2.14. The van der Waals surface area contributed by atoms with Crippen molar-refractivity contribution in [2.45, 2.75) is 26.4 Å². The van der Waals surface area contributed by atoms with Crippen molar-refractivity contribution in [2.24, 2.45) is 0 Å². The number of amides is 1. The van der Waals surface area contributed by atoms with Crippen LogP contribution in [-0.2, 0) is 17.9 Å². The Morgan fingerprint density at radius 3 is 2.73 bits per heavy atom. The number of hydrogen-bond donors (Lipinski definition) is 0. The molecule has 0 aromatic carbocycles. The smallest absolute Gasteiger partial charge is 0.250 e. The molecule has 26 heavy (non-hydrogen) atoms. The Labute approximate surface area is 150 Å². The summed E-state index contributed by atoms with van der Waals surface area (Å²) in [6.07, 6.45) is 3.51. The van der Waals surface area contributed by atoms with E-state index in [1.54, 1.807) is 42.2 Å². The lowest BCUT2D eigenvalue weighted by Crippen LogP contribution is -2.29. The Hall–Kier alpha value is -3.29. The second-order valence-electron chi connectivity index (χ2n) is 5.90. The zero-order chi connectivity index (χ0) is 18.5. The van der Waals surface area contributed by atoms with Crippen molar-refractivity contribution in [1.82, 2.24) is 24.6 Å². The van der Waals surface area contributed by atoms with Gasteiger partial charge in [0.15, 0.2) is 0 Å². The second-order valence-corrected chi connectivity index (χ2v) is 5.90. The second kappa shape index (κ2) is 7.73. The maximum Gasteiger partial charge on any atom is 0.250 e. The van der Waals surface area contributed by atoms with E-state index in [-0.39, 0.29) is 24.4 Å². The molecular weight excluding hydrogens is 334 g/mol. The third-order valence-corrected chi connectivity index (χ3v) is 4.02. The number of rotatable bonds is 6. The number of carbonyl (C=O) groups is 1. The van der Waals surface area contributed by atoms with E-state index in [4.69, 9.17) is 4.52 Å². The zero-order valence-electron chi connectivity index (χ0n) is 14.6. The van der Waals surface area contributed by atoms with Crippen molar-refractivity contribution < 1.29 is 9.32 Å². The van der Waals surface area contributed by atoms with E-state index in [2.05, 4.69) is 15.1 Å². The first kappa shape index (κ1) is 17.5. The summed E-state index contributed by atoms with van der Waals surface area (Å²) < 4.78 is 6.79. The molecule has 0 N–H and O–H groups in total. The van der Waals surface area contributed by atoms with Gasteiger partial charge in [0.2, 0.25) is 17.6 Å². The van der Waals surface area contributed by atoms with E-state index < -0.39 is 0 Å². The van der Waals surface area contributed by atoms with Gasteiger partial charge < -0.3 is 14.0 Å². The Bertz CT molecular complexity index is 949. The number of carbonyl (C=O) groups excluding carboxylic acids is 1. The molecule has 1 amide bonds. The maximum absolute atomic E-state index is 12.3. The molecule has 134 valence electrons.